The number of anilines is 1. The van der Waals surface area contributed by atoms with E-state index in [4.69, 9.17) is 4.74 Å². The van der Waals surface area contributed by atoms with E-state index >= 15 is 0 Å². The molecule has 0 saturated carbocycles. The van der Waals surface area contributed by atoms with E-state index in [2.05, 4.69) is 17.1 Å². The number of aromatic nitrogens is 1. The summed E-state index contributed by atoms with van der Waals surface area (Å²) in [6.07, 6.45) is 3.20. The maximum Gasteiger partial charge on any atom is 0.258 e. The number of aliphatic hydroxyl groups excluding tert-OH is 1. The molecule has 0 radical (unpaired) electrons. The van der Waals surface area contributed by atoms with Crippen molar-refractivity contribution < 1.29 is 14.6 Å². The average molecular weight is 519 g/mol. The Balaban J connectivity index is 1.22. The van der Waals surface area contributed by atoms with Gasteiger partial charge in [-0.2, -0.15) is 0 Å². The van der Waals surface area contributed by atoms with Gasteiger partial charge in [0.15, 0.2) is 0 Å². The summed E-state index contributed by atoms with van der Waals surface area (Å²) in [6.45, 7) is 2.39. The second-order valence-corrected chi connectivity index (χ2v) is 9.99. The van der Waals surface area contributed by atoms with Gasteiger partial charge in [-0.3, -0.25) is 4.79 Å². The van der Waals surface area contributed by atoms with Crippen molar-refractivity contribution in [1.29, 1.82) is 0 Å². The van der Waals surface area contributed by atoms with Crippen molar-refractivity contribution in [2.75, 3.05) is 11.9 Å². The summed E-state index contributed by atoms with van der Waals surface area (Å²) in [7, 11) is 1.80. The Morgan fingerprint density at radius 3 is 2.46 bits per heavy atom. The molecule has 1 unspecified atom stereocenters. The molecule has 5 heteroatoms. The van der Waals surface area contributed by atoms with Crippen molar-refractivity contribution in [3.8, 4) is 5.75 Å². The number of benzene rings is 4. The third-order valence-electron chi connectivity index (χ3n) is 7.20. The minimum Gasteiger partial charge on any atom is -0.487 e. The molecule has 5 nitrogen and oxygen atoms in total. The highest BCUT2D eigenvalue weighted by Crippen LogP contribution is 2.27. The van der Waals surface area contributed by atoms with Crippen LogP contribution in [0.4, 0.5) is 5.69 Å². The lowest BCUT2D eigenvalue weighted by Gasteiger charge is -2.18. The number of rotatable bonds is 10. The molecule has 1 N–H and O–H groups in total. The Morgan fingerprint density at radius 2 is 1.64 bits per heavy atom. The number of aryl methyl sites for hydroxylation is 1. The topological polar surface area (TPSA) is 62.7 Å². The van der Waals surface area contributed by atoms with Crippen LogP contribution in [-0.2, 0) is 13.0 Å². The number of amides is 1. The van der Waals surface area contributed by atoms with Crippen LogP contribution in [0.3, 0.4) is 0 Å². The first-order chi connectivity index (χ1) is 19.0. The largest absolute Gasteiger partial charge is 0.487 e. The quantitative estimate of drug-likeness (QED) is 0.210. The predicted octanol–water partition coefficient (Wildman–Crippen LogP) is 7.34. The van der Waals surface area contributed by atoms with Crippen molar-refractivity contribution in [3.63, 3.8) is 0 Å². The van der Waals surface area contributed by atoms with E-state index < -0.39 is 0 Å². The van der Waals surface area contributed by atoms with E-state index in [0.29, 0.717) is 12.2 Å². The molecule has 1 aromatic heterocycles. The molecule has 1 heterocycles. The van der Waals surface area contributed by atoms with E-state index in [0.717, 1.165) is 64.5 Å². The summed E-state index contributed by atoms with van der Waals surface area (Å²) in [5.41, 5.74) is 4.51. The number of carbonyl (C=O) groups excluding carboxylic acids is 1. The monoisotopic (exact) mass is 518 g/mol. The minimum absolute atomic E-state index is 0.0508. The molecule has 5 rings (SSSR count). The Bertz CT molecular complexity index is 1580. The first-order valence-electron chi connectivity index (χ1n) is 13.6. The molecule has 0 aliphatic heterocycles. The van der Waals surface area contributed by atoms with Crippen LogP contribution in [0.1, 0.15) is 47.8 Å². The summed E-state index contributed by atoms with van der Waals surface area (Å²) in [5, 5.41) is 12.9. The standard InChI is InChI=1S/C34H34N2O3/c1-3-31(37)9-6-7-24-11-13-26(14-12-24)34(38)36(2)30-19-16-28-22-32(20-17-27(28)21-30)39-23-29-18-15-25-8-4-5-10-33(25)35-29/h4-5,8,10-22,31,37H,3,6-7,9,23H2,1-2H3. The summed E-state index contributed by atoms with van der Waals surface area (Å²) >= 11 is 0. The van der Waals surface area contributed by atoms with Gasteiger partial charge in [-0.1, -0.05) is 55.5 Å². The van der Waals surface area contributed by atoms with Gasteiger partial charge >= 0.3 is 0 Å². The van der Waals surface area contributed by atoms with E-state index in [-0.39, 0.29) is 12.0 Å². The number of hydrogen-bond donors (Lipinski definition) is 1. The third kappa shape index (κ3) is 6.44. The highest BCUT2D eigenvalue weighted by Gasteiger charge is 2.14. The first-order valence-corrected chi connectivity index (χ1v) is 13.6. The molecule has 198 valence electrons. The third-order valence-corrected chi connectivity index (χ3v) is 7.20. The molecular formula is C34H34N2O3. The second kappa shape index (κ2) is 12.1. The van der Waals surface area contributed by atoms with Crippen LogP contribution >= 0.6 is 0 Å². The van der Waals surface area contributed by atoms with Gasteiger partial charge in [0.2, 0.25) is 0 Å². The second-order valence-electron chi connectivity index (χ2n) is 9.99. The predicted molar refractivity (Wildman–Crippen MR) is 158 cm³/mol. The van der Waals surface area contributed by atoms with Crippen LogP contribution in [0.25, 0.3) is 21.7 Å². The fraction of sp³-hybridized carbons (Fsp3) is 0.235. The molecule has 1 amide bonds. The zero-order valence-corrected chi connectivity index (χ0v) is 22.5. The molecular weight excluding hydrogens is 484 g/mol. The van der Waals surface area contributed by atoms with Gasteiger partial charge in [0.25, 0.3) is 5.91 Å². The van der Waals surface area contributed by atoms with Crippen LogP contribution in [0.5, 0.6) is 5.75 Å². The van der Waals surface area contributed by atoms with Crippen LogP contribution < -0.4 is 9.64 Å². The number of aliphatic hydroxyl groups is 1. The van der Waals surface area contributed by atoms with Gasteiger partial charge in [-0.25, -0.2) is 4.98 Å². The average Bonchev–Trinajstić information content (AvgIpc) is 2.99. The zero-order chi connectivity index (χ0) is 27.2. The summed E-state index contributed by atoms with van der Waals surface area (Å²) in [6, 6.07) is 31.9. The normalized spacial score (nSPS) is 12.0. The SMILES string of the molecule is CCC(O)CCCc1ccc(C(=O)N(C)c2ccc3cc(OCc4ccc5ccccc5n4)ccc3c2)cc1. The number of hydrogen-bond acceptors (Lipinski definition) is 4. The fourth-order valence-electron chi connectivity index (χ4n) is 4.73. The highest BCUT2D eigenvalue weighted by molar-refractivity contribution is 6.06. The number of carbonyl (C=O) groups is 1. The van der Waals surface area contributed by atoms with E-state index in [9.17, 15) is 9.90 Å². The zero-order valence-electron chi connectivity index (χ0n) is 22.5. The van der Waals surface area contributed by atoms with Crippen molar-refractivity contribution in [2.24, 2.45) is 0 Å². The lowest BCUT2D eigenvalue weighted by atomic mass is 10.0. The van der Waals surface area contributed by atoms with Gasteiger partial charge in [0.05, 0.1) is 17.3 Å². The van der Waals surface area contributed by atoms with Crippen molar-refractivity contribution in [1.82, 2.24) is 4.98 Å². The molecule has 0 aliphatic carbocycles. The van der Waals surface area contributed by atoms with Crippen LogP contribution in [-0.4, -0.2) is 29.1 Å². The number of para-hydroxylation sites is 1. The summed E-state index contributed by atoms with van der Waals surface area (Å²) in [5.74, 6) is 0.726. The Labute approximate surface area is 229 Å². The van der Waals surface area contributed by atoms with Gasteiger partial charge in [0.1, 0.15) is 12.4 Å². The van der Waals surface area contributed by atoms with Crippen molar-refractivity contribution in [2.45, 2.75) is 45.3 Å². The molecule has 1 atom stereocenters. The lowest BCUT2D eigenvalue weighted by Crippen LogP contribution is -2.26. The fourth-order valence-corrected chi connectivity index (χ4v) is 4.73. The smallest absolute Gasteiger partial charge is 0.258 e. The van der Waals surface area contributed by atoms with Crippen LogP contribution in [0, 0.1) is 0 Å². The van der Waals surface area contributed by atoms with Crippen LogP contribution in [0.15, 0.2) is 97.1 Å². The maximum atomic E-state index is 13.2. The minimum atomic E-state index is -0.228. The van der Waals surface area contributed by atoms with E-state index in [1.807, 2.05) is 91.9 Å². The number of pyridine rings is 1. The van der Waals surface area contributed by atoms with Gasteiger partial charge in [0, 0.05) is 23.7 Å². The summed E-state index contributed by atoms with van der Waals surface area (Å²) in [4.78, 5) is 19.5. The number of nitrogens with zero attached hydrogens (tertiary/aromatic N) is 2. The molecule has 5 aromatic rings. The Kier molecular flexibility index (Phi) is 8.18. The lowest BCUT2D eigenvalue weighted by molar-refractivity contribution is 0.0993. The van der Waals surface area contributed by atoms with Crippen molar-refractivity contribution >= 4 is 33.3 Å². The molecule has 39 heavy (non-hydrogen) atoms. The van der Waals surface area contributed by atoms with E-state index in [1.165, 1.54) is 5.56 Å². The van der Waals surface area contributed by atoms with Gasteiger partial charge < -0.3 is 14.7 Å². The van der Waals surface area contributed by atoms with Crippen molar-refractivity contribution in [3.05, 3.63) is 114 Å². The summed E-state index contributed by atoms with van der Waals surface area (Å²) < 4.78 is 6.03. The Hall–Kier alpha value is -4.22. The first kappa shape index (κ1) is 26.4. The Morgan fingerprint density at radius 1 is 0.897 bits per heavy atom. The number of ether oxygens (including phenoxy) is 1. The van der Waals surface area contributed by atoms with E-state index in [1.54, 1.807) is 11.9 Å². The maximum absolute atomic E-state index is 13.2. The molecule has 0 fully saturated rings. The van der Waals surface area contributed by atoms with Gasteiger partial charge in [-0.15, -0.1) is 0 Å². The van der Waals surface area contributed by atoms with Crippen LogP contribution in [0.2, 0.25) is 0 Å². The molecule has 0 saturated heterocycles. The molecule has 4 aromatic carbocycles. The molecule has 0 spiro atoms. The van der Waals surface area contributed by atoms with Gasteiger partial charge in [-0.05, 0) is 90.6 Å². The molecule has 0 bridgehead atoms. The molecule has 0 aliphatic rings. The number of fused-ring (bicyclic) bond motifs is 2. The highest BCUT2D eigenvalue weighted by atomic mass is 16.5.